The maximum absolute atomic E-state index is 13.1. The zero-order valence-electron chi connectivity index (χ0n) is 18.7. The van der Waals surface area contributed by atoms with Crippen molar-refractivity contribution in [2.75, 3.05) is 43.1 Å². The van der Waals surface area contributed by atoms with E-state index in [-0.39, 0.29) is 5.82 Å². The molecule has 33 heavy (non-hydrogen) atoms. The lowest BCUT2D eigenvalue weighted by molar-refractivity contribution is 0.122. The van der Waals surface area contributed by atoms with Crippen molar-refractivity contribution in [1.82, 2.24) is 0 Å². The standard InChI is InChI=1S/C26H28BrFN2O3/c1-2-32-25-16-20(15-24(27)26(25)33-18-19-3-5-21(28)6-4-19)17-29-22-7-9-23(10-8-22)30-11-13-31-14-12-30/h3-10,15-16,29H,2,11-14,17-18H2,1H3. The van der Waals surface area contributed by atoms with Gasteiger partial charge in [-0.3, -0.25) is 0 Å². The van der Waals surface area contributed by atoms with Crippen LogP contribution in [-0.4, -0.2) is 32.9 Å². The largest absolute Gasteiger partial charge is 0.490 e. The van der Waals surface area contributed by atoms with Crippen LogP contribution in [0.25, 0.3) is 0 Å². The second-order valence-electron chi connectivity index (χ2n) is 7.75. The van der Waals surface area contributed by atoms with Crippen molar-refractivity contribution < 1.29 is 18.6 Å². The predicted molar refractivity (Wildman–Crippen MR) is 133 cm³/mol. The Morgan fingerprint density at radius 2 is 1.70 bits per heavy atom. The molecule has 0 aromatic heterocycles. The van der Waals surface area contributed by atoms with E-state index in [4.69, 9.17) is 14.2 Å². The molecule has 1 N–H and O–H groups in total. The second-order valence-corrected chi connectivity index (χ2v) is 8.61. The number of halogens is 2. The number of rotatable bonds is 9. The van der Waals surface area contributed by atoms with Crippen LogP contribution in [0.1, 0.15) is 18.1 Å². The minimum absolute atomic E-state index is 0.262. The normalized spacial score (nSPS) is 13.6. The molecule has 0 bridgehead atoms. The minimum Gasteiger partial charge on any atom is -0.490 e. The van der Waals surface area contributed by atoms with Gasteiger partial charge in [0.25, 0.3) is 0 Å². The van der Waals surface area contributed by atoms with Crippen LogP contribution in [0.2, 0.25) is 0 Å². The quantitative estimate of drug-likeness (QED) is 0.378. The zero-order valence-corrected chi connectivity index (χ0v) is 20.2. The van der Waals surface area contributed by atoms with Crippen molar-refractivity contribution in [3.05, 3.63) is 82.1 Å². The number of nitrogens with zero attached hydrogens (tertiary/aromatic N) is 1. The molecule has 3 aromatic rings. The average Bonchev–Trinajstić information content (AvgIpc) is 2.84. The smallest absolute Gasteiger partial charge is 0.175 e. The Kier molecular flexibility index (Phi) is 8.07. The van der Waals surface area contributed by atoms with E-state index in [0.29, 0.717) is 31.3 Å². The van der Waals surface area contributed by atoms with Gasteiger partial charge in [0.05, 0.1) is 24.3 Å². The van der Waals surface area contributed by atoms with Gasteiger partial charge in [-0.15, -0.1) is 0 Å². The molecule has 0 radical (unpaired) electrons. The van der Waals surface area contributed by atoms with Crippen molar-refractivity contribution in [2.24, 2.45) is 0 Å². The van der Waals surface area contributed by atoms with Crippen LogP contribution in [0.4, 0.5) is 15.8 Å². The first kappa shape index (κ1) is 23.4. The highest BCUT2D eigenvalue weighted by atomic mass is 79.9. The SMILES string of the molecule is CCOc1cc(CNc2ccc(N3CCOCC3)cc2)cc(Br)c1OCc1ccc(F)cc1. The summed E-state index contributed by atoms with van der Waals surface area (Å²) < 4.78 is 31.2. The topological polar surface area (TPSA) is 43.0 Å². The molecule has 1 aliphatic rings. The molecule has 0 aliphatic carbocycles. The average molecular weight is 515 g/mol. The van der Waals surface area contributed by atoms with E-state index in [1.807, 2.05) is 19.1 Å². The number of hydrogen-bond acceptors (Lipinski definition) is 5. The number of ether oxygens (including phenoxy) is 3. The molecule has 7 heteroatoms. The highest BCUT2D eigenvalue weighted by molar-refractivity contribution is 9.10. The molecule has 1 heterocycles. The van der Waals surface area contributed by atoms with Gasteiger partial charge in [-0.1, -0.05) is 12.1 Å². The first-order valence-electron chi connectivity index (χ1n) is 11.1. The first-order chi connectivity index (χ1) is 16.1. The van der Waals surface area contributed by atoms with Crippen LogP contribution >= 0.6 is 15.9 Å². The Balaban J connectivity index is 1.40. The maximum atomic E-state index is 13.1. The van der Waals surface area contributed by atoms with E-state index < -0.39 is 0 Å². The summed E-state index contributed by atoms with van der Waals surface area (Å²) in [5, 5.41) is 3.47. The fourth-order valence-corrected chi connectivity index (χ4v) is 4.28. The number of nitrogens with one attached hydrogen (secondary N) is 1. The summed E-state index contributed by atoms with van der Waals surface area (Å²) in [7, 11) is 0. The summed E-state index contributed by atoms with van der Waals surface area (Å²) in [5.41, 5.74) is 4.22. The van der Waals surface area contributed by atoms with Gasteiger partial charge in [0.15, 0.2) is 11.5 Å². The summed E-state index contributed by atoms with van der Waals surface area (Å²) in [6.07, 6.45) is 0. The summed E-state index contributed by atoms with van der Waals surface area (Å²) in [6, 6.07) is 18.8. The van der Waals surface area contributed by atoms with Gasteiger partial charge in [-0.05, 0) is 82.5 Å². The van der Waals surface area contributed by atoms with Crippen molar-refractivity contribution in [1.29, 1.82) is 0 Å². The Morgan fingerprint density at radius 1 is 0.970 bits per heavy atom. The number of hydrogen-bond donors (Lipinski definition) is 1. The van der Waals surface area contributed by atoms with Crippen molar-refractivity contribution in [3.8, 4) is 11.5 Å². The van der Waals surface area contributed by atoms with Crippen LogP contribution in [0.5, 0.6) is 11.5 Å². The van der Waals surface area contributed by atoms with E-state index in [1.54, 1.807) is 12.1 Å². The maximum Gasteiger partial charge on any atom is 0.175 e. The summed E-state index contributed by atoms with van der Waals surface area (Å²) >= 11 is 3.62. The first-order valence-corrected chi connectivity index (χ1v) is 11.9. The van der Waals surface area contributed by atoms with Crippen LogP contribution < -0.4 is 19.7 Å². The molecule has 0 atom stereocenters. The van der Waals surface area contributed by atoms with Crippen LogP contribution in [0.3, 0.4) is 0 Å². The Morgan fingerprint density at radius 3 is 2.39 bits per heavy atom. The summed E-state index contributed by atoms with van der Waals surface area (Å²) in [4.78, 5) is 2.34. The summed E-state index contributed by atoms with van der Waals surface area (Å²) in [6.45, 7) is 6.85. The Bertz CT molecular complexity index is 1040. The Hall–Kier alpha value is -2.77. The second kappa shape index (κ2) is 11.4. The molecule has 5 nitrogen and oxygen atoms in total. The third kappa shape index (κ3) is 6.39. The van der Waals surface area contributed by atoms with E-state index in [1.165, 1.54) is 17.8 Å². The lowest BCUT2D eigenvalue weighted by Gasteiger charge is -2.29. The molecule has 0 spiro atoms. The van der Waals surface area contributed by atoms with Crippen LogP contribution in [-0.2, 0) is 17.9 Å². The van der Waals surface area contributed by atoms with Gasteiger partial charge < -0.3 is 24.4 Å². The molecule has 174 valence electrons. The highest BCUT2D eigenvalue weighted by Gasteiger charge is 2.14. The van der Waals surface area contributed by atoms with Crippen LogP contribution in [0.15, 0.2) is 65.1 Å². The van der Waals surface area contributed by atoms with Gasteiger partial charge in [0.2, 0.25) is 0 Å². The van der Waals surface area contributed by atoms with E-state index in [2.05, 4.69) is 50.4 Å². The molecular weight excluding hydrogens is 487 g/mol. The molecular formula is C26H28BrFN2O3. The number of benzene rings is 3. The molecule has 3 aromatic carbocycles. The lowest BCUT2D eigenvalue weighted by atomic mass is 10.2. The molecule has 1 saturated heterocycles. The van der Waals surface area contributed by atoms with Crippen molar-refractivity contribution >= 4 is 27.3 Å². The molecule has 0 saturated carbocycles. The van der Waals surface area contributed by atoms with Gasteiger partial charge in [-0.25, -0.2) is 4.39 Å². The molecule has 1 aliphatic heterocycles. The fraction of sp³-hybridized carbons (Fsp3) is 0.308. The Labute approximate surface area is 202 Å². The predicted octanol–water partition coefficient (Wildman–Crippen LogP) is 6.01. The molecule has 0 unspecified atom stereocenters. The third-order valence-electron chi connectivity index (χ3n) is 5.41. The number of morpholine rings is 1. The third-order valence-corrected chi connectivity index (χ3v) is 5.99. The highest BCUT2D eigenvalue weighted by Crippen LogP contribution is 2.37. The van der Waals surface area contributed by atoms with Gasteiger partial charge >= 0.3 is 0 Å². The van der Waals surface area contributed by atoms with Crippen molar-refractivity contribution in [3.63, 3.8) is 0 Å². The molecule has 4 rings (SSSR count). The van der Waals surface area contributed by atoms with E-state index >= 15 is 0 Å². The van der Waals surface area contributed by atoms with Gasteiger partial charge in [0.1, 0.15) is 12.4 Å². The van der Waals surface area contributed by atoms with Crippen LogP contribution in [0, 0.1) is 5.82 Å². The van der Waals surface area contributed by atoms with E-state index in [0.717, 1.165) is 47.6 Å². The minimum atomic E-state index is -0.262. The fourth-order valence-electron chi connectivity index (χ4n) is 3.68. The molecule has 1 fully saturated rings. The molecule has 0 amide bonds. The number of anilines is 2. The van der Waals surface area contributed by atoms with Gasteiger partial charge in [-0.2, -0.15) is 0 Å². The monoisotopic (exact) mass is 514 g/mol. The summed E-state index contributed by atoms with van der Waals surface area (Å²) in [5.74, 6) is 1.05. The van der Waals surface area contributed by atoms with Gasteiger partial charge in [0, 0.05) is 31.0 Å². The van der Waals surface area contributed by atoms with Crippen molar-refractivity contribution in [2.45, 2.75) is 20.1 Å². The zero-order chi connectivity index (χ0) is 23.0. The lowest BCUT2D eigenvalue weighted by Crippen LogP contribution is -2.36. The van der Waals surface area contributed by atoms with E-state index in [9.17, 15) is 4.39 Å².